The fourth-order valence-corrected chi connectivity index (χ4v) is 2.47. The number of alkyl halides is 3. The van der Waals surface area contributed by atoms with Crippen molar-refractivity contribution >= 4 is 11.5 Å². The minimum absolute atomic E-state index is 0.0677. The molecule has 1 heterocycles. The fourth-order valence-electron chi connectivity index (χ4n) is 2.47. The Kier molecular flexibility index (Phi) is 7.27. The van der Waals surface area contributed by atoms with Crippen LogP contribution in [0.5, 0.6) is 11.8 Å². The third-order valence-corrected chi connectivity index (χ3v) is 3.86. The first kappa shape index (κ1) is 20.8. The molecule has 0 aliphatic carbocycles. The lowest BCUT2D eigenvalue weighted by Crippen LogP contribution is -2.19. The van der Waals surface area contributed by atoms with Crippen molar-refractivity contribution < 1.29 is 22.6 Å². The zero-order chi connectivity index (χ0) is 19.9. The number of benzene rings is 1. The molecule has 0 atom stereocenters. The highest BCUT2D eigenvalue weighted by Gasteiger charge is 2.36. The van der Waals surface area contributed by atoms with Gasteiger partial charge in [-0.3, -0.25) is 0 Å². The Morgan fingerprint density at radius 2 is 1.89 bits per heavy atom. The average Bonchev–Trinajstić information content (AvgIpc) is 2.64. The zero-order valence-electron chi connectivity index (χ0n) is 15.7. The van der Waals surface area contributed by atoms with Crippen LogP contribution in [0, 0.1) is 0 Å². The van der Waals surface area contributed by atoms with Gasteiger partial charge < -0.3 is 14.4 Å². The standard InChI is InChI=1S/C19H24F3N3O2/c1-4-6-7-11-27-18-23-13-16(19(20,21)22)17(24-18)25(3)14-9-8-10-15(12-14)26-5-2/h8-10,12-13H,4-7,11H2,1-3H3. The van der Waals surface area contributed by atoms with Gasteiger partial charge in [-0.05, 0) is 25.5 Å². The number of halogens is 3. The highest BCUT2D eigenvalue weighted by Crippen LogP contribution is 2.38. The van der Waals surface area contributed by atoms with Crippen molar-refractivity contribution in [1.29, 1.82) is 0 Å². The van der Waals surface area contributed by atoms with Crippen molar-refractivity contribution in [2.75, 3.05) is 25.2 Å². The van der Waals surface area contributed by atoms with Gasteiger partial charge in [0.2, 0.25) is 0 Å². The van der Waals surface area contributed by atoms with Gasteiger partial charge in [0.15, 0.2) is 5.82 Å². The van der Waals surface area contributed by atoms with E-state index in [1.807, 2.05) is 6.92 Å². The molecule has 0 bridgehead atoms. The van der Waals surface area contributed by atoms with E-state index < -0.39 is 11.7 Å². The molecule has 0 amide bonds. The largest absolute Gasteiger partial charge is 0.494 e. The number of rotatable bonds is 9. The molecule has 0 N–H and O–H groups in total. The van der Waals surface area contributed by atoms with Crippen molar-refractivity contribution in [3.05, 3.63) is 36.0 Å². The van der Waals surface area contributed by atoms with Crippen LogP contribution in [0.1, 0.15) is 38.7 Å². The van der Waals surface area contributed by atoms with Gasteiger partial charge in [-0.15, -0.1) is 0 Å². The van der Waals surface area contributed by atoms with Gasteiger partial charge in [-0.2, -0.15) is 18.2 Å². The van der Waals surface area contributed by atoms with E-state index in [-0.39, 0.29) is 11.8 Å². The van der Waals surface area contributed by atoms with E-state index in [9.17, 15) is 13.2 Å². The maximum absolute atomic E-state index is 13.4. The van der Waals surface area contributed by atoms with Crippen LogP contribution in [0.25, 0.3) is 0 Å². The molecule has 148 valence electrons. The summed E-state index contributed by atoms with van der Waals surface area (Å²) < 4.78 is 51.2. The van der Waals surface area contributed by atoms with Crippen LogP contribution in [0.2, 0.25) is 0 Å². The Labute approximate surface area is 157 Å². The van der Waals surface area contributed by atoms with Crippen molar-refractivity contribution in [2.45, 2.75) is 39.3 Å². The number of aromatic nitrogens is 2. The smallest absolute Gasteiger partial charge is 0.421 e. The van der Waals surface area contributed by atoms with Crippen LogP contribution in [0.4, 0.5) is 24.7 Å². The molecule has 1 aromatic carbocycles. The normalized spacial score (nSPS) is 11.3. The lowest BCUT2D eigenvalue weighted by Gasteiger charge is -2.23. The molecule has 0 saturated carbocycles. The van der Waals surface area contributed by atoms with E-state index in [0.29, 0.717) is 24.7 Å². The minimum atomic E-state index is -4.58. The number of ether oxygens (including phenoxy) is 2. The van der Waals surface area contributed by atoms with Gasteiger partial charge in [-0.25, -0.2) is 4.98 Å². The van der Waals surface area contributed by atoms with E-state index in [4.69, 9.17) is 9.47 Å². The van der Waals surface area contributed by atoms with Crippen LogP contribution in [-0.4, -0.2) is 30.2 Å². The minimum Gasteiger partial charge on any atom is -0.494 e. The molecule has 8 heteroatoms. The molecule has 0 unspecified atom stereocenters. The van der Waals surface area contributed by atoms with E-state index in [0.717, 1.165) is 25.5 Å². The molecule has 5 nitrogen and oxygen atoms in total. The van der Waals surface area contributed by atoms with E-state index >= 15 is 0 Å². The van der Waals surface area contributed by atoms with Crippen LogP contribution < -0.4 is 14.4 Å². The lowest BCUT2D eigenvalue weighted by atomic mass is 10.2. The van der Waals surface area contributed by atoms with E-state index in [1.165, 1.54) is 11.9 Å². The lowest BCUT2D eigenvalue weighted by molar-refractivity contribution is -0.137. The first-order chi connectivity index (χ1) is 12.9. The Bertz CT molecular complexity index is 738. The third-order valence-electron chi connectivity index (χ3n) is 3.86. The molecule has 2 aromatic rings. The monoisotopic (exact) mass is 383 g/mol. The molecule has 0 fully saturated rings. The fraction of sp³-hybridized carbons (Fsp3) is 0.474. The van der Waals surface area contributed by atoms with Gasteiger partial charge in [0, 0.05) is 25.0 Å². The highest BCUT2D eigenvalue weighted by molar-refractivity contribution is 5.64. The van der Waals surface area contributed by atoms with E-state index in [2.05, 4.69) is 16.9 Å². The Balaban J connectivity index is 2.34. The quantitative estimate of drug-likeness (QED) is 0.555. The van der Waals surface area contributed by atoms with Crippen molar-refractivity contribution in [3.8, 4) is 11.8 Å². The molecule has 1 aromatic heterocycles. The summed E-state index contributed by atoms with van der Waals surface area (Å²) in [5, 5.41) is 0. The molecular formula is C19H24F3N3O2. The highest BCUT2D eigenvalue weighted by atomic mass is 19.4. The number of anilines is 2. The summed E-state index contributed by atoms with van der Waals surface area (Å²) in [5.74, 6) is 0.303. The van der Waals surface area contributed by atoms with Gasteiger partial charge in [0.1, 0.15) is 11.3 Å². The Morgan fingerprint density at radius 3 is 2.56 bits per heavy atom. The molecule has 0 radical (unpaired) electrons. The number of hydrogen-bond donors (Lipinski definition) is 0. The third kappa shape index (κ3) is 5.74. The molecule has 2 rings (SSSR count). The topological polar surface area (TPSA) is 47.5 Å². The SMILES string of the molecule is CCCCCOc1ncc(C(F)(F)F)c(N(C)c2cccc(OCC)c2)n1. The zero-order valence-corrected chi connectivity index (χ0v) is 15.7. The summed E-state index contributed by atoms with van der Waals surface area (Å²) >= 11 is 0. The molecule has 0 saturated heterocycles. The van der Waals surface area contributed by atoms with Crippen LogP contribution >= 0.6 is 0 Å². The molecule has 0 spiro atoms. The van der Waals surface area contributed by atoms with Gasteiger partial charge in [-0.1, -0.05) is 25.8 Å². The van der Waals surface area contributed by atoms with Crippen molar-refractivity contribution in [3.63, 3.8) is 0 Å². The predicted molar refractivity (Wildman–Crippen MR) is 97.7 cm³/mol. The summed E-state index contributed by atoms with van der Waals surface area (Å²) in [5.41, 5.74) is -0.408. The van der Waals surface area contributed by atoms with Crippen LogP contribution in [0.15, 0.2) is 30.5 Å². The molecule has 0 aliphatic heterocycles. The second-order valence-corrected chi connectivity index (χ2v) is 5.93. The number of unbranched alkanes of at least 4 members (excludes halogenated alkanes) is 2. The Morgan fingerprint density at radius 1 is 1.11 bits per heavy atom. The molecular weight excluding hydrogens is 359 g/mol. The van der Waals surface area contributed by atoms with E-state index in [1.54, 1.807) is 24.3 Å². The summed E-state index contributed by atoms with van der Waals surface area (Å²) in [7, 11) is 1.52. The van der Waals surface area contributed by atoms with Crippen LogP contribution in [-0.2, 0) is 6.18 Å². The molecule has 0 aliphatic rings. The first-order valence-corrected chi connectivity index (χ1v) is 8.90. The summed E-state index contributed by atoms with van der Waals surface area (Å²) in [4.78, 5) is 9.10. The van der Waals surface area contributed by atoms with Crippen LogP contribution in [0.3, 0.4) is 0 Å². The van der Waals surface area contributed by atoms with Gasteiger partial charge in [0.25, 0.3) is 0 Å². The first-order valence-electron chi connectivity index (χ1n) is 8.90. The maximum Gasteiger partial charge on any atom is 0.421 e. The van der Waals surface area contributed by atoms with Gasteiger partial charge in [0.05, 0.1) is 13.2 Å². The number of hydrogen-bond acceptors (Lipinski definition) is 5. The summed E-state index contributed by atoms with van der Waals surface area (Å²) in [6, 6.07) is 6.74. The maximum atomic E-state index is 13.4. The summed E-state index contributed by atoms with van der Waals surface area (Å²) in [6.07, 6.45) is -1.04. The predicted octanol–water partition coefficient (Wildman–Crippen LogP) is 5.23. The summed E-state index contributed by atoms with van der Waals surface area (Å²) in [6.45, 7) is 4.72. The van der Waals surface area contributed by atoms with Gasteiger partial charge >= 0.3 is 12.2 Å². The number of nitrogens with zero attached hydrogens (tertiary/aromatic N) is 3. The second-order valence-electron chi connectivity index (χ2n) is 5.93. The molecule has 27 heavy (non-hydrogen) atoms. The van der Waals surface area contributed by atoms with Crippen molar-refractivity contribution in [1.82, 2.24) is 9.97 Å². The Hall–Kier alpha value is -2.51. The average molecular weight is 383 g/mol. The van der Waals surface area contributed by atoms with Crippen molar-refractivity contribution in [2.24, 2.45) is 0 Å². The second kappa shape index (κ2) is 9.43.